The molecule has 0 saturated carbocycles. The SMILES string of the molecule is O=C([O-])CO.[Ti+2].c1ccc2c(c1)-c1nc-2nc2[nH]c(nc3nc(nc4[nH]c(n1)c1ccccc41)-c1ccccc1-3)c1ccccc21. The largest absolute Gasteiger partial charge is 2.00 e. The van der Waals surface area contributed by atoms with Gasteiger partial charge in [0.1, 0.15) is 22.6 Å². The van der Waals surface area contributed by atoms with E-state index in [0.29, 0.717) is 45.9 Å². The Morgan fingerprint density at radius 3 is 0.978 bits per heavy atom. The zero-order valence-corrected chi connectivity index (χ0v) is 25.5. The van der Waals surface area contributed by atoms with Gasteiger partial charge in [-0.1, -0.05) is 97.1 Å². The van der Waals surface area contributed by atoms with Crippen molar-refractivity contribution in [2.24, 2.45) is 0 Å². The first-order valence-corrected chi connectivity index (χ1v) is 14.1. The smallest absolute Gasteiger partial charge is 0.548 e. The van der Waals surface area contributed by atoms with Crippen LogP contribution in [0.15, 0.2) is 97.1 Å². The number of aliphatic hydroxyl groups excluding tert-OH is 1. The van der Waals surface area contributed by atoms with E-state index in [1.165, 1.54) is 0 Å². The Labute approximate surface area is 275 Å². The van der Waals surface area contributed by atoms with E-state index >= 15 is 0 Å². The van der Waals surface area contributed by atoms with Gasteiger partial charge in [0.15, 0.2) is 23.3 Å². The van der Waals surface area contributed by atoms with Crippen molar-refractivity contribution < 1.29 is 36.7 Å². The van der Waals surface area contributed by atoms with Crippen molar-refractivity contribution in [1.82, 2.24) is 39.9 Å². The minimum Gasteiger partial charge on any atom is -0.548 e. The number of carboxylic acids is 1. The maximum Gasteiger partial charge on any atom is 2.00 e. The summed E-state index contributed by atoms with van der Waals surface area (Å²) < 4.78 is 0. The number of carbonyl (C=O) groups excluding carboxylic acids is 1. The maximum atomic E-state index is 9.01. The van der Waals surface area contributed by atoms with E-state index in [-0.39, 0.29) is 21.7 Å². The summed E-state index contributed by atoms with van der Waals surface area (Å²) in [4.78, 5) is 45.8. The molecule has 12 heteroatoms. The molecule has 8 bridgehead atoms. The number of H-pyrrole nitrogens is 2. The summed E-state index contributed by atoms with van der Waals surface area (Å²) in [6, 6.07) is 32.2. The molecule has 0 amide bonds. The van der Waals surface area contributed by atoms with Crippen molar-refractivity contribution in [3.05, 3.63) is 97.1 Å². The van der Waals surface area contributed by atoms with E-state index in [0.717, 1.165) is 43.8 Å². The molecule has 0 aliphatic carbocycles. The number of nitrogens with zero attached hydrogens (tertiary/aromatic N) is 6. The quantitative estimate of drug-likeness (QED) is 0.218. The number of aromatic amines is 2. The summed E-state index contributed by atoms with van der Waals surface area (Å²) in [5.74, 6) is 0.949. The van der Waals surface area contributed by atoms with Crippen molar-refractivity contribution >= 4 is 50.1 Å². The van der Waals surface area contributed by atoms with E-state index in [2.05, 4.69) is 9.97 Å². The van der Waals surface area contributed by atoms with Crippen LogP contribution < -0.4 is 5.11 Å². The van der Waals surface area contributed by atoms with Gasteiger partial charge in [0, 0.05) is 43.8 Å². The molecule has 0 fully saturated rings. The van der Waals surface area contributed by atoms with E-state index in [9.17, 15) is 0 Å². The van der Waals surface area contributed by atoms with Gasteiger partial charge in [0.2, 0.25) is 0 Å². The van der Waals surface area contributed by atoms with E-state index in [1.54, 1.807) is 0 Å². The first-order chi connectivity index (χ1) is 22.1. The second-order valence-electron chi connectivity index (χ2n) is 10.3. The first-order valence-electron chi connectivity index (χ1n) is 14.1. The number of aliphatic hydroxyl groups is 1. The molecule has 11 nitrogen and oxygen atoms in total. The summed E-state index contributed by atoms with van der Waals surface area (Å²) in [6.45, 7) is -0.889. The van der Waals surface area contributed by atoms with E-state index in [4.69, 9.17) is 44.9 Å². The Morgan fingerprint density at radius 2 is 0.739 bits per heavy atom. The van der Waals surface area contributed by atoms with Crippen molar-refractivity contribution in [2.45, 2.75) is 0 Å². The molecular weight excluding hydrogens is 616 g/mol. The van der Waals surface area contributed by atoms with Crippen molar-refractivity contribution in [3.8, 4) is 45.6 Å². The molecule has 0 spiro atoms. The number of rotatable bonds is 1. The molecular formula is C34H21N8O3Ti+. The topological polar surface area (TPSA) is 169 Å². The second-order valence-corrected chi connectivity index (χ2v) is 10.3. The number of aromatic nitrogens is 8. The number of carbonyl (C=O) groups is 1. The predicted molar refractivity (Wildman–Crippen MR) is 168 cm³/mol. The standard InChI is InChI=1S/C32H18N8.C2H4O3.Ti/c1-2-10-18-17(9-1)25-33-26(18)38-28-21-13-5-6-14-22(21)30(35-28)40-32-24-16-8-7-15-23(24)31(36-32)39-29-20-12-4-3-11-19(20)27(34-29)37-25;3-1-2(4)5;/h1-16H,(H2,33,34,35,36,37,38,39,40);3H,1H2,(H,4,5);/q;;+2/p-1. The third kappa shape index (κ3) is 4.92. The number of fused-ring (bicyclic) bond motifs is 20. The number of benzene rings is 4. The maximum absolute atomic E-state index is 9.01. The average molecular weight is 637 g/mol. The molecule has 2 aliphatic rings. The minimum atomic E-state index is -1.44. The normalized spacial score (nSPS) is 11.2. The monoisotopic (exact) mass is 637 g/mol. The molecule has 0 atom stereocenters. The summed E-state index contributed by atoms with van der Waals surface area (Å²) in [7, 11) is 0. The van der Waals surface area contributed by atoms with Gasteiger partial charge in [0.05, 0.1) is 12.6 Å². The Kier molecular flexibility index (Phi) is 7.41. The van der Waals surface area contributed by atoms with Crippen molar-refractivity contribution in [2.75, 3.05) is 6.61 Å². The number of nitrogens with one attached hydrogen (secondary N) is 2. The van der Waals surface area contributed by atoms with Gasteiger partial charge in [-0.2, -0.15) is 0 Å². The molecule has 0 radical (unpaired) electrons. The third-order valence-electron chi connectivity index (χ3n) is 7.59. The number of carboxylic acid groups (broad SMARTS) is 1. The molecule has 0 unspecified atom stereocenters. The van der Waals surface area contributed by atoms with Crippen LogP contribution in [-0.4, -0.2) is 57.6 Å². The van der Waals surface area contributed by atoms with Crippen LogP contribution in [0.2, 0.25) is 0 Å². The second kappa shape index (κ2) is 11.7. The Bertz CT molecular complexity index is 2170. The van der Waals surface area contributed by atoms with Crippen LogP contribution in [-0.2, 0) is 26.5 Å². The van der Waals surface area contributed by atoms with Gasteiger partial charge in [-0.05, 0) is 0 Å². The predicted octanol–water partition coefficient (Wildman–Crippen LogP) is 4.60. The van der Waals surface area contributed by atoms with Crippen molar-refractivity contribution in [1.29, 1.82) is 0 Å². The molecule has 5 heterocycles. The fourth-order valence-corrected chi connectivity index (χ4v) is 5.59. The van der Waals surface area contributed by atoms with Gasteiger partial charge in [-0.25, -0.2) is 29.9 Å². The molecule has 46 heavy (non-hydrogen) atoms. The van der Waals surface area contributed by atoms with E-state index < -0.39 is 12.6 Å². The summed E-state index contributed by atoms with van der Waals surface area (Å²) in [5.41, 5.74) is 6.45. The molecule has 4 aromatic carbocycles. The van der Waals surface area contributed by atoms with E-state index in [1.807, 2.05) is 97.1 Å². The van der Waals surface area contributed by atoms with Gasteiger partial charge in [-0.15, -0.1) is 0 Å². The number of hydrogen-bond donors (Lipinski definition) is 3. The molecule has 3 aromatic heterocycles. The number of hydrogen-bond acceptors (Lipinski definition) is 9. The van der Waals surface area contributed by atoms with Gasteiger partial charge in [-0.3, -0.25) is 0 Å². The Morgan fingerprint density at radius 1 is 0.500 bits per heavy atom. The van der Waals surface area contributed by atoms with Crippen molar-refractivity contribution in [3.63, 3.8) is 0 Å². The summed E-state index contributed by atoms with van der Waals surface area (Å²) in [6.07, 6.45) is 0. The fourth-order valence-electron chi connectivity index (χ4n) is 5.59. The number of aliphatic carboxylic acids is 1. The molecule has 9 rings (SSSR count). The van der Waals surface area contributed by atoms with Crippen LogP contribution in [0.25, 0.3) is 89.7 Å². The molecule has 0 saturated heterocycles. The Hall–Kier alpha value is -5.62. The summed E-state index contributed by atoms with van der Waals surface area (Å²) in [5, 5.41) is 20.3. The van der Waals surface area contributed by atoms with Crippen LogP contribution in [0.5, 0.6) is 0 Å². The van der Waals surface area contributed by atoms with Crippen LogP contribution in [0.1, 0.15) is 0 Å². The third-order valence-corrected chi connectivity index (χ3v) is 7.59. The van der Waals surface area contributed by atoms with Gasteiger partial charge in [0.25, 0.3) is 0 Å². The zero-order valence-electron chi connectivity index (χ0n) is 23.9. The van der Waals surface area contributed by atoms with Gasteiger partial charge < -0.3 is 25.0 Å². The molecule has 3 N–H and O–H groups in total. The Balaban J connectivity index is 0.000000526. The van der Waals surface area contributed by atoms with Crippen LogP contribution >= 0.6 is 0 Å². The van der Waals surface area contributed by atoms with Crippen LogP contribution in [0, 0.1) is 0 Å². The summed E-state index contributed by atoms with van der Waals surface area (Å²) >= 11 is 0. The molecule has 218 valence electrons. The fraction of sp³-hybridized carbons (Fsp3) is 0.0294. The van der Waals surface area contributed by atoms with Crippen LogP contribution in [0.4, 0.5) is 0 Å². The van der Waals surface area contributed by atoms with Gasteiger partial charge >= 0.3 is 21.7 Å². The minimum absolute atomic E-state index is 0. The first kappa shape index (κ1) is 29.1. The molecule has 7 aromatic rings. The zero-order chi connectivity index (χ0) is 30.5. The van der Waals surface area contributed by atoms with Crippen LogP contribution in [0.3, 0.4) is 0 Å². The molecule has 2 aliphatic heterocycles. The average Bonchev–Trinajstić information content (AvgIpc) is 3.81.